The number of aromatic nitrogens is 2. The first-order chi connectivity index (χ1) is 7.66. The van der Waals surface area contributed by atoms with E-state index >= 15 is 0 Å². The first-order valence-electron chi connectivity index (χ1n) is 4.47. The summed E-state index contributed by atoms with van der Waals surface area (Å²) >= 11 is 4.99. The second-order valence-electron chi connectivity index (χ2n) is 3.08. The molecule has 0 bridgehead atoms. The summed E-state index contributed by atoms with van der Waals surface area (Å²) < 4.78 is 1.04. The molecule has 0 aliphatic heterocycles. The topological polar surface area (TPSA) is 83.8 Å². The lowest BCUT2D eigenvalue weighted by molar-refractivity contribution is 1.08. The van der Waals surface area contributed by atoms with Crippen molar-refractivity contribution in [3.63, 3.8) is 0 Å². The summed E-state index contributed by atoms with van der Waals surface area (Å²) in [5.41, 5.74) is 5.36. The van der Waals surface area contributed by atoms with Gasteiger partial charge in [0.15, 0.2) is 5.82 Å². The van der Waals surface area contributed by atoms with Gasteiger partial charge < -0.3 is 16.0 Å². The maximum atomic E-state index is 11.2. The number of nitrogens with two attached hydrogens (primary N) is 1. The highest BCUT2D eigenvalue weighted by atomic mass is 79.9. The van der Waals surface area contributed by atoms with Crippen LogP contribution in [0.15, 0.2) is 27.0 Å². The average molecular weight is 301 g/mol. The van der Waals surface area contributed by atoms with Crippen LogP contribution in [0.1, 0.15) is 4.88 Å². The summed E-state index contributed by atoms with van der Waals surface area (Å²) in [4.78, 5) is 18.7. The summed E-state index contributed by atoms with van der Waals surface area (Å²) in [7, 11) is 0. The largest absolute Gasteiger partial charge is 0.391 e. The van der Waals surface area contributed by atoms with Crippen LogP contribution in [-0.2, 0) is 6.54 Å². The predicted octanol–water partition coefficient (Wildman–Crippen LogP) is 1.79. The molecule has 4 N–H and O–H groups in total. The van der Waals surface area contributed by atoms with Gasteiger partial charge in [0.25, 0.3) is 5.56 Å². The molecular formula is C9H9BrN4OS. The van der Waals surface area contributed by atoms with Crippen LogP contribution in [0, 0.1) is 0 Å². The van der Waals surface area contributed by atoms with E-state index in [2.05, 4.69) is 31.2 Å². The van der Waals surface area contributed by atoms with Crippen LogP contribution in [0.5, 0.6) is 0 Å². The van der Waals surface area contributed by atoms with E-state index in [1.54, 1.807) is 11.3 Å². The van der Waals surface area contributed by atoms with Crippen molar-refractivity contribution in [3.05, 3.63) is 37.5 Å². The fourth-order valence-electron chi connectivity index (χ4n) is 1.17. The maximum Gasteiger partial charge on any atom is 0.276 e. The number of thiophene rings is 1. The quantitative estimate of drug-likeness (QED) is 0.807. The first-order valence-corrected chi connectivity index (χ1v) is 6.14. The van der Waals surface area contributed by atoms with Crippen molar-refractivity contribution < 1.29 is 0 Å². The first kappa shape index (κ1) is 11.2. The minimum Gasteiger partial charge on any atom is -0.391 e. The number of hydrogen-bond acceptors (Lipinski definition) is 5. The number of nitrogens with zero attached hydrogens (tertiary/aromatic N) is 1. The van der Waals surface area contributed by atoms with Crippen molar-refractivity contribution in [3.8, 4) is 0 Å². The lowest BCUT2D eigenvalue weighted by Gasteiger charge is -2.05. The monoisotopic (exact) mass is 300 g/mol. The Morgan fingerprint density at radius 3 is 3.12 bits per heavy atom. The van der Waals surface area contributed by atoms with Gasteiger partial charge in [-0.1, -0.05) is 0 Å². The number of nitrogens with one attached hydrogen (secondary N) is 2. The van der Waals surface area contributed by atoms with E-state index in [0.29, 0.717) is 12.4 Å². The van der Waals surface area contributed by atoms with E-state index < -0.39 is 0 Å². The van der Waals surface area contributed by atoms with Gasteiger partial charge in [0.05, 0.1) is 12.9 Å². The van der Waals surface area contributed by atoms with E-state index in [4.69, 9.17) is 5.73 Å². The Morgan fingerprint density at radius 1 is 1.62 bits per heavy atom. The smallest absolute Gasteiger partial charge is 0.276 e. The van der Waals surface area contributed by atoms with Gasteiger partial charge in [-0.3, -0.25) is 4.79 Å². The third-order valence-electron chi connectivity index (χ3n) is 1.94. The molecule has 84 valence electrons. The Hall–Kier alpha value is -1.34. The fraction of sp³-hybridized carbons (Fsp3) is 0.111. The molecule has 0 saturated carbocycles. The highest BCUT2D eigenvalue weighted by Crippen LogP contribution is 2.20. The summed E-state index contributed by atoms with van der Waals surface area (Å²) in [6, 6.07) is 2.00. The molecule has 2 rings (SSSR count). The number of H-pyrrole nitrogens is 1. The van der Waals surface area contributed by atoms with Gasteiger partial charge in [-0.05, 0) is 22.0 Å². The van der Waals surface area contributed by atoms with Crippen LogP contribution in [-0.4, -0.2) is 9.97 Å². The van der Waals surface area contributed by atoms with Crippen LogP contribution in [0.3, 0.4) is 0 Å². The van der Waals surface area contributed by atoms with Crippen LogP contribution in [0.2, 0.25) is 0 Å². The molecule has 0 aliphatic rings. The van der Waals surface area contributed by atoms with E-state index in [0.717, 1.165) is 9.35 Å². The zero-order chi connectivity index (χ0) is 11.5. The number of nitrogen functional groups attached to an aromatic ring is 1. The van der Waals surface area contributed by atoms with E-state index in [-0.39, 0.29) is 11.2 Å². The highest BCUT2D eigenvalue weighted by Gasteiger charge is 2.04. The molecule has 0 fully saturated rings. The molecule has 0 saturated heterocycles. The van der Waals surface area contributed by atoms with Crippen molar-refractivity contribution >= 4 is 38.8 Å². The number of aromatic amines is 1. The van der Waals surface area contributed by atoms with Gasteiger partial charge in [-0.15, -0.1) is 11.3 Å². The molecule has 0 amide bonds. The molecule has 2 aromatic heterocycles. The molecule has 7 heteroatoms. The Morgan fingerprint density at radius 2 is 2.44 bits per heavy atom. The predicted molar refractivity (Wildman–Crippen MR) is 68.6 cm³/mol. The minimum atomic E-state index is -0.329. The average Bonchev–Trinajstić information content (AvgIpc) is 2.67. The summed E-state index contributed by atoms with van der Waals surface area (Å²) in [5, 5.41) is 5.01. The molecule has 0 atom stereocenters. The van der Waals surface area contributed by atoms with E-state index in [9.17, 15) is 4.79 Å². The normalized spacial score (nSPS) is 10.3. The number of hydrogen-bond donors (Lipinski definition) is 3. The van der Waals surface area contributed by atoms with Crippen molar-refractivity contribution in [2.75, 3.05) is 11.1 Å². The zero-order valence-electron chi connectivity index (χ0n) is 8.16. The second kappa shape index (κ2) is 4.67. The van der Waals surface area contributed by atoms with Crippen LogP contribution >= 0.6 is 27.3 Å². The molecule has 0 radical (unpaired) electrons. The van der Waals surface area contributed by atoms with Gasteiger partial charge in [-0.25, -0.2) is 4.98 Å². The zero-order valence-corrected chi connectivity index (χ0v) is 10.6. The van der Waals surface area contributed by atoms with E-state index in [1.807, 2.05) is 11.4 Å². The number of rotatable bonds is 3. The lowest BCUT2D eigenvalue weighted by atomic mass is 10.4. The number of halogens is 1. The third kappa shape index (κ3) is 2.42. The van der Waals surface area contributed by atoms with Gasteiger partial charge in [0.1, 0.15) is 5.69 Å². The molecule has 0 aromatic carbocycles. The van der Waals surface area contributed by atoms with Gasteiger partial charge in [-0.2, -0.15) is 0 Å². The molecule has 0 spiro atoms. The summed E-state index contributed by atoms with van der Waals surface area (Å²) in [5.74, 6) is 0.410. The standard InChI is InChI=1S/C9H9BrN4OS/c10-5-1-6(16-3-5)2-12-8-7(11)9(15)14-4-13-8/h1,3-4H,2,11H2,(H2,12,13,14,15). The van der Waals surface area contributed by atoms with Crippen molar-refractivity contribution in [2.45, 2.75) is 6.54 Å². The third-order valence-corrected chi connectivity index (χ3v) is 3.64. The molecule has 16 heavy (non-hydrogen) atoms. The second-order valence-corrected chi connectivity index (χ2v) is 4.99. The Balaban J connectivity index is 2.10. The van der Waals surface area contributed by atoms with Crippen molar-refractivity contribution in [2.24, 2.45) is 0 Å². The molecule has 0 unspecified atom stereocenters. The molecule has 5 nitrogen and oxygen atoms in total. The van der Waals surface area contributed by atoms with Crippen molar-refractivity contribution in [1.29, 1.82) is 0 Å². The Kier molecular flexibility index (Phi) is 3.25. The highest BCUT2D eigenvalue weighted by molar-refractivity contribution is 9.10. The van der Waals surface area contributed by atoms with E-state index in [1.165, 1.54) is 6.33 Å². The summed E-state index contributed by atoms with van der Waals surface area (Å²) in [6.07, 6.45) is 1.32. The lowest BCUT2D eigenvalue weighted by Crippen LogP contribution is -2.15. The Labute approximate surface area is 104 Å². The van der Waals surface area contributed by atoms with Crippen LogP contribution < -0.4 is 16.6 Å². The SMILES string of the molecule is Nc1c(NCc2cc(Br)cs2)nc[nH]c1=O. The van der Waals surface area contributed by atoms with Crippen LogP contribution in [0.4, 0.5) is 11.5 Å². The van der Waals surface area contributed by atoms with Gasteiger partial charge in [0.2, 0.25) is 0 Å². The maximum absolute atomic E-state index is 11.2. The Bertz CT molecular complexity index is 550. The van der Waals surface area contributed by atoms with Crippen LogP contribution in [0.25, 0.3) is 0 Å². The van der Waals surface area contributed by atoms with Crippen molar-refractivity contribution in [1.82, 2.24) is 9.97 Å². The summed E-state index contributed by atoms with van der Waals surface area (Å²) in [6.45, 7) is 0.594. The number of anilines is 2. The molecule has 2 aromatic rings. The fourth-order valence-corrected chi connectivity index (χ4v) is 2.56. The molecule has 0 aliphatic carbocycles. The van der Waals surface area contributed by atoms with Gasteiger partial charge >= 0.3 is 0 Å². The minimum absolute atomic E-state index is 0.109. The van der Waals surface area contributed by atoms with Gasteiger partial charge in [0, 0.05) is 14.7 Å². The molecule has 2 heterocycles. The molecular weight excluding hydrogens is 292 g/mol.